The number of nitrogens with one attached hydrogen (secondary N) is 1. The zero-order valence-electron chi connectivity index (χ0n) is 14.6. The van der Waals surface area contributed by atoms with E-state index < -0.39 is 22.4 Å². The van der Waals surface area contributed by atoms with Crippen LogP contribution in [0.2, 0.25) is 0 Å². The molecule has 10 heteroatoms. The minimum absolute atomic E-state index is 0.0396. The van der Waals surface area contributed by atoms with Gasteiger partial charge in [0.05, 0.1) is 16.3 Å². The number of rotatable bonds is 5. The number of thiophene rings is 1. The number of nitro groups is 1. The van der Waals surface area contributed by atoms with Crippen molar-refractivity contribution in [1.82, 2.24) is 15.4 Å². The number of amides is 3. The summed E-state index contributed by atoms with van der Waals surface area (Å²) >= 11 is 1.49. The molecule has 1 N–H and O–H groups in total. The number of aromatic nitrogens is 1. The van der Waals surface area contributed by atoms with Crippen molar-refractivity contribution in [3.05, 3.63) is 69.2 Å². The molecule has 0 bridgehead atoms. The van der Waals surface area contributed by atoms with Crippen LogP contribution >= 0.6 is 11.3 Å². The molecule has 1 aliphatic rings. The van der Waals surface area contributed by atoms with Crippen LogP contribution in [0, 0.1) is 10.1 Å². The van der Waals surface area contributed by atoms with Crippen LogP contribution in [0.3, 0.4) is 0 Å². The predicted octanol–water partition coefficient (Wildman–Crippen LogP) is 3.28. The van der Waals surface area contributed by atoms with Gasteiger partial charge in [0.25, 0.3) is 11.6 Å². The van der Waals surface area contributed by atoms with E-state index in [1.54, 1.807) is 13.0 Å². The molecule has 0 radical (unpaired) electrons. The standard InChI is InChI=1S/C18H14N4O5S/c1-18(11-4-6-13(7-5-11)22(25)26)16(23)21(17(24)19-18)10-12-9-14(27-20-12)15-3-2-8-28-15/h2-9H,10H2,1H3,(H,19,24). The molecule has 0 aliphatic carbocycles. The molecule has 142 valence electrons. The highest BCUT2D eigenvalue weighted by Crippen LogP contribution is 2.31. The molecule has 28 heavy (non-hydrogen) atoms. The van der Waals surface area contributed by atoms with Crippen LogP contribution in [0.5, 0.6) is 0 Å². The van der Waals surface area contributed by atoms with E-state index in [1.807, 2.05) is 17.5 Å². The molecular weight excluding hydrogens is 384 g/mol. The van der Waals surface area contributed by atoms with Gasteiger partial charge in [-0.05, 0) is 36.1 Å². The normalized spacial score (nSPS) is 19.1. The summed E-state index contributed by atoms with van der Waals surface area (Å²) in [5, 5.41) is 19.3. The highest BCUT2D eigenvalue weighted by molar-refractivity contribution is 7.13. The lowest BCUT2D eigenvalue weighted by Crippen LogP contribution is -2.40. The molecule has 1 aliphatic heterocycles. The second-order valence-corrected chi connectivity index (χ2v) is 7.36. The van der Waals surface area contributed by atoms with Crippen LogP contribution in [0.4, 0.5) is 10.5 Å². The van der Waals surface area contributed by atoms with Crippen molar-refractivity contribution in [2.75, 3.05) is 0 Å². The summed E-state index contributed by atoms with van der Waals surface area (Å²) < 4.78 is 5.29. The van der Waals surface area contributed by atoms with E-state index in [0.717, 1.165) is 9.78 Å². The van der Waals surface area contributed by atoms with Crippen molar-refractivity contribution < 1.29 is 19.0 Å². The highest BCUT2D eigenvalue weighted by Gasteiger charge is 2.49. The van der Waals surface area contributed by atoms with Crippen LogP contribution in [0.25, 0.3) is 10.6 Å². The molecule has 4 rings (SSSR count). The van der Waals surface area contributed by atoms with E-state index in [9.17, 15) is 19.7 Å². The lowest BCUT2D eigenvalue weighted by atomic mass is 9.92. The Kier molecular flexibility index (Phi) is 4.19. The number of nitro benzene ring substituents is 1. The molecule has 3 heterocycles. The first-order valence-electron chi connectivity index (χ1n) is 8.27. The zero-order valence-corrected chi connectivity index (χ0v) is 15.4. The van der Waals surface area contributed by atoms with Gasteiger partial charge in [-0.1, -0.05) is 11.2 Å². The maximum atomic E-state index is 12.9. The second kappa shape index (κ2) is 6.57. The maximum Gasteiger partial charge on any atom is 0.325 e. The third-order valence-electron chi connectivity index (χ3n) is 4.57. The Labute approximate surface area is 162 Å². The van der Waals surface area contributed by atoms with Gasteiger partial charge in [-0.2, -0.15) is 0 Å². The van der Waals surface area contributed by atoms with Gasteiger partial charge in [0.2, 0.25) is 0 Å². The summed E-state index contributed by atoms with van der Waals surface area (Å²) in [7, 11) is 0. The van der Waals surface area contributed by atoms with Gasteiger partial charge in [0.15, 0.2) is 5.76 Å². The summed E-state index contributed by atoms with van der Waals surface area (Å²) in [5.41, 5.74) is -0.505. The molecule has 3 amide bonds. The summed E-state index contributed by atoms with van der Waals surface area (Å²) in [6.07, 6.45) is 0. The van der Waals surface area contributed by atoms with Gasteiger partial charge < -0.3 is 9.84 Å². The van der Waals surface area contributed by atoms with Gasteiger partial charge in [-0.15, -0.1) is 11.3 Å². The molecule has 1 fully saturated rings. The summed E-state index contributed by atoms with van der Waals surface area (Å²) in [4.78, 5) is 37.6. The lowest BCUT2D eigenvalue weighted by Gasteiger charge is -2.21. The lowest BCUT2D eigenvalue weighted by molar-refractivity contribution is -0.384. The number of hydrogen-bond donors (Lipinski definition) is 1. The fourth-order valence-corrected chi connectivity index (χ4v) is 3.71. The van der Waals surface area contributed by atoms with E-state index >= 15 is 0 Å². The average Bonchev–Trinajstić information content (AvgIpc) is 3.40. The summed E-state index contributed by atoms with van der Waals surface area (Å²) in [6.45, 7) is 1.52. The first-order chi connectivity index (χ1) is 13.4. The second-order valence-electron chi connectivity index (χ2n) is 6.41. The molecule has 1 saturated heterocycles. The monoisotopic (exact) mass is 398 g/mol. The molecule has 0 spiro atoms. The fraction of sp³-hybridized carbons (Fsp3) is 0.167. The Hall–Kier alpha value is -3.53. The SMILES string of the molecule is CC1(c2ccc([N+](=O)[O-])cc2)NC(=O)N(Cc2cc(-c3cccs3)on2)C1=O. The fourth-order valence-electron chi connectivity index (χ4n) is 3.04. The third kappa shape index (κ3) is 2.93. The van der Waals surface area contributed by atoms with Crippen molar-refractivity contribution >= 4 is 29.0 Å². The topological polar surface area (TPSA) is 119 Å². The van der Waals surface area contributed by atoms with E-state index in [-0.39, 0.29) is 12.2 Å². The Bertz CT molecular complexity index is 1060. The van der Waals surface area contributed by atoms with Crippen molar-refractivity contribution in [3.8, 4) is 10.6 Å². The Balaban J connectivity index is 1.56. The Morgan fingerprint density at radius 3 is 2.68 bits per heavy atom. The van der Waals surface area contributed by atoms with Crippen LogP contribution in [0.15, 0.2) is 52.4 Å². The summed E-state index contributed by atoms with van der Waals surface area (Å²) in [5.74, 6) is 0.0993. The van der Waals surface area contributed by atoms with Gasteiger partial charge >= 0.3 is 6.03 Å². The number of non-ortho nitro benzene ring substituents is 1. The molecule has 1 atom stereocenters. The predicted molar refractivity (Wildman–Crippen MR) is 99.3 cm³/mol. The van der Waals surface area contributed by atoms with E-state index in [4.69, 9.17) is 4.52 Å². The number of urea groups is 1. The molecule has 2 aromatic heterocycles. The molecule has 0 saturated carbocycles. The van der Waals surface area contributed by atoms with E-state index in [0.29, 0.717) is 17.0 Å². The smallest absolute Gasteiger partial charge is 0.325 e. The van der Waals surface area contributed by atoms with Gasteiger partial charge in [-0.3, -0.25) is 19.8 Å². The first-order valence-corrected chi connectivity index (χ1v) is 9.15. The zero-order chi connectivity index (χ0) is 19.9. The third-order valence-corrected chi connectivity index (χ3v) is 5.46. The molecule has 9 nitrogen and oxygen atoms in total. The number of imide groups is 1. The molecule has 1 unspecified atom stereocenters. The first kappa shape index (κ1) is 17.9. The van der Waals surface area contributed by atoms with Crippen molar-refractivity contribution in [1.29, 1.82) is 0 Å². The number of nitrogens with zero attached hydrogens (tertiary/aromatic N) is 3. The van der Waals surface area contributed by atoms with Crippen molar-refractivity contribution in [2.24, 2.45) is 0 Å². The Morgan fingerprint density at radius 2 is 2.04 bits per heavy atom. The van der Waals surface area contributed by atoms with Crippen molar-refractivity contribution in [3.63, 3.8) is 0 Å². The number of carbonyl (C=O) groups excluding carboxylic acids is 2. The van der Waals surface area contributed by atoms with Gasteiger partial charge in [0, 0.05) is 18.2 Å². The van der Waals surface area contributed by atoms with Gasteiger partial charge in [0.1, 0.15) is 11.2 Å². The van der Waals surface area contributed by atoms with E-state index in [1.165, 1.54) is 35.6 Å². The molecule has 1 aromatic carbocycles. The average molecular weight is 398 g/mol. The van der Waals surface area contributed by atoms with Crippen LogP contribution < -0.4 is 5.32 Å². The molecule has 3 aromatic rings. The number of carbonyl (C=O) groups is 2. The minimum atomic E-state index is -1.31. The van der Waals surface area contributed by atoms with Gasteiger partial charge in [-0.25, -0.2) is 4.79 Å². The van der Waals surface area contributed by atoms with Crippen LogP contribution in [-0.4, -0.2) is 26.9 Å². The van der Waals surface area contributed by atoms with Crippen molar-refractivity contribution in [2.45, 2.75) is 19.0 Å². The highest BCUT2D eigenvalue weighted by atomic mass is 32.1. The van der Waals surface area contributed by atoms with Crippen LogP contribution in [0.1, 0.15) is 18.2 Å². The maximum absolute atomic E-state index is 12.9. The number of hydrogen-bond acceptors (Lipinski definition) is 7. The quantitative estimate of drug-likeness (QED) is 0.400. The largest absolute Gasteiger partial charge is 0.355 e. The van der Waals surface area contributed by atoms with E-state index in [2.05, 4.69) is 10.5 Å². The Morgan fingerprint density at radius 1 is 1.29 bits per heavy atom. The minimum Gasteiger partial charge on any atom is -0.355 e. The van der Waals surface area contributed by atoms with Crippen LogP contribution in [-0.2, 0) is 16.9 Å². The molecular formula is C18H14N4O5S. The number of benzene rings is 1. The summed E-state index contributed by atoms with van der Waals surface area (Å²) in [6, 6.07) is 10.4.